The second kappa shape index (κ2) is 6.18. The van der Waals surface area contributed by atoms with Crippen LogP contribution in [0.25, 0.3) is 0 Å². The summed E-state index contributed by atoms with van der Waals surface area (Å²) in [5.41, 5.74) is 5.56. The summed E-state index contributed by atoms with van der Waals surface area (Å²) in [4.78, 5) is 0.173. The van der Waals surface area contributed by atoms with E-state index in [4.69, 9.17) is 34.3 Å². The number of halogens is 1. The Bertz CT molecular complexity index is 655. The maximum atomic E-state index is 12.3. The van der Waals surface area contributed by atoms with Gasteiger partial charge in [0, 0.05) is 18.7 Å². The lowest BCUT2D eigenvalue weighted by Gasteiger charge is -2.23. The highest BCUT2D eigenvalue weighted by molar-refractivity contribution is 7.89. The Morgan fingerprint density at radius 2 is 2.29 bits per heavy atom. The average Bonchev–Trinajstić information content (AvgIpc) is 2.84. The van der Waals surface area contributed by atoms with E-state index in [1.807, 2.05) is 6.92 Å². The molecule has 1 saturated heterocycles. The molecule has 1 heterocycles. The summed E-state index contributed by atoms with van der Waals surface area (Å²) >= 11 is 10.9. The summed E-state index contributed by atoms with van der Waals surface area (Å²) in [6, 6.07) is 4.39. The SMILES string of the molecule is CC1(CNS(=O)(=O)c2ccc(C(N)=S)cc2Cl)CCCO1. The monoisotopic (exact) mass is 348 g/mol. The van der Waals surface area contributed by atoms with E-state index in [-0.39, 0.29) is 21.5 Å². The van der Waals surface area contributed by atoms with Crippen LogP contribution in [0.2, 0.25) is 5.02 Å². The molecule has 5 nitrogen and oxygen atoms in total. The molecule has 0 radical (unpaired) electrons. The molecule has 21 heavy (non-hydrogen) atoms. The van der Waals surface area contributed by atoms with Gasteiger partial charge in [-0.2, -0.15) is 0 Å². The van der Waals surface area contributed by atoms with Crippen LogP contribution in [-0.4, -0.2) is 32.2 Å². The molecule has 8 heteroatoms. The number of rotatable bonds is 5. The zero-order valence-electron chi connectivity index (χ0n) is 11.6. The van der Waals surface area contributed by atoms with Crippen LogP contribution < -0.4 is 10.5 Å². The Morgan fingerprint density at radius 3 is 2.81 bits per heavy atom. The summed E-state index contributed by atoms with van der Waals surface area (Å²) in [7, 11) is -3.71. The van der Waals surface area contributed by atoms with Gasteiger partial charge in [-0.3, -0.25) is 0 Å². The number of ether oxygens (including phenoxy) is 1. The van der Waals surface area contributed by atoms with Gasteiger partial charge in [-0.25, -0.2) is 13.1 Å². The van der Waals surface area contributed by atoms with Gasteiger partial charge in [0.2, 0.25) is 10.0 Å². The highest BCUT2D eigenvalue weighted by Crippen LogP contribution is 2.26. The maximum Gasteiger partial charge on any atom is 0.242 e. The minimum Gasteiger partial charge on any atom is -0.389 e. The number of hydrogen-bond donors (Lipinski definition) is 2. The molecule has 0 saturated carbocycles. The molecule has 2 rings (SSSR count). The third kappa shape index (κ3) is 3.92. The van der Waals surface area contributed by atoms with Gasteiger partial charge >= 0.3 is 0 Å². The number of sulfonamides is 1. The number of nitrogens with one attached hydrogen (secondary N) is 1. The maximum absolute atomic E-state index is 12.3. The second-order valence-electron chi connectivity index (χ2n) is 5.24. The molecule has 1 unspecified atom stereocenters. The van der Waals surface area contributed by atoms with E-state index < -0.39 is 15.6 Å². The van der Waals surface area contributed by atoms with Gasteiger partial charge in [0.1, 0.15) is 9.88 Å². The third-order valence-electron chi connectivity index (χ3n) is 3.44. The molecule has 1 aliphatic heterocycles. The van der Waals surface area contributed by atoms with E-state index in [1.54, 1.807) is 0 Å². The number of hydrogen-bond acceptors (Lipinski definition) is 4. The molecule has 3 N–H and O–H groups in total. The minimum absolute atomic E-state index is 0.00534. The van der Waals surface area contributed by atoms with Crippen LogP contribution in [0.5, 0.6) is 0 Å². The summed E-state index contributed by atoms with van der Waals surface area (Å²) in [6.07, 6.45) is 1.76. The highest BCUT2D eigenvalue weighted by Gasteiger charge is 2.31. The molecule has 1 fully saturated rings. The van der Waals surface area contributed by atoms with E-state index in [0.717, 1.165) is 12.8 Å². The molecular weight excluding hydrogens is 332 g/mol. The standard InChI is InChI=1S/C13H17ClN2O3S2/c1-13(5-2-6-19-13)8-16-21(17,18)11-4-3-9(12(15)20)7-10(11)14/h3-4,7,16H,2,5-6,8H2,1H3,(H2,15,20). The molecule has 1 aliphatic rings. The fourth-order valence-corrected chi connectivity index (χ4v) is 4.00. The molecule has 0 amide bonds. The average molecular weight is 349 g/mol. The summed E-state index contributed by atoms with van der Waals surface area (Å²) in [5, 5.41) is 0.0882. The summed E-state index contributed by atoms with van der Waals surface area (Å²) in [6.45, 7) is 2.75. The second-order valence-corrected chi connectivity index (χ2v) is 7.82. The van der Waals surface area contributed by atoms with Crippen molar-refractivity contribution in [3.63, 3.8) is 0 Å². The Kier molecular flexibility index (Phi) is 4.89. The van der Waals surface area contributed by atoms with Crippen LogP contribution in [0.1, 0.15) is 25.3 Å². The Morgan fingerprint density at radius 1 is 1.57 bits per heavy atom. The van der Waals surface area contributed by atoms with Crippen molar-refractivity contribution in [1.29, 1.82) is 0 Å². The molecule has 0 spiro atoms. The molecule has 0 bridgehead atoms. The van der Waals surface area contributed by atoms with Crippen LogP contribution in [0, 0.1) is 0 Å². The van der Waals surface area contributed by atoms with Gasteiger partial charge in [-0.1, -0.05) is 29.9 Å². The minimum atomic E-state index is -3.71. The molecule has 0 aromatic heterocycles. The first-order chi connectivity index (χ1) is 9.73. The van der Waals surface area contributed by atoms with Crippen LogP contribution in [0.3, 0.4) is 0 Å². The number of benzene rings is 1. The molecule has 1 aromatic carbocycles. The smallest absolute Gasteiger partial charge is 0.242 e. The fourth-order valence-electron chi connectivity index (χ4n) is 2.17. The molecular formula is C13H17ClN2O3S2. The largest absolute Gasteiger partial charge is 0.389 e. The zero-order chi connectivity index (χ0) is 15.7. The normalized spacial score (nSPS) is 22.4. The van der Waals surface area contributed by atoms with Crippen molar-refractivity contribution in [1.82, 2.24) is 4.72 Å². The molecule has 116 valence electrons. The first-order valence-electron chi connectivity index (χ1n) is 6.46. The lowest BCUT2D eigenvalue weighted by molar-refractivity contribution is 0.0250. The predicted octanol–water partition coefficient (Wildman–Crippen LogP) is 1.82. The Labute approximate surface area is 134 Å². The van der Waals surface area contributed by atoms with Gasteiger partial charge in [-0.15, -0.1) is 0 Å². The predicted molar refractivity (Wildman–Crippen MR) is 86.1 cm³/mol. The van der Waals surface area contributed by atoms with Gasteiger partial charge in [0.05, 0.1) is 10.6 Å². The van der Waals surface area contributed by atoms with Gasteiger partial charge in [0.25, 0.3) is 0 Å². The van der Waals surface area contributed by atoms with E-state index in [2.05, 4.69) is 4.72 Å². The van der Waals surface area contributed by atoms with Crippen molar-refractivity contribution >= 4 is 38.8 Å². The van der Waals surface area contributed by atoms with Crippen molar-refractivity contribution in [2.24, 2.45) is 5.73 Å². The third-order valence-corrected chi connectivity index (χ3v) is 5.56. The van der Waals surface area contributed by atoms with Crippen molar-refractivity contribution in [2.75, 3.05) is 13.2 Å². The topological polar surface area (TPSA) is 81.4 Å². The summed E-state index contributed by atoms with van der Waals surface area (Å²) in [5.74, 6) is 0. The fraction of sp³-hybridized carbons (Fsp3) is 0.462. The van der Waals surface area contributed by atoms with Crippen molar-refractivity contribution in [3.8, 4) is 0 Å². The first-order valence-corrected chi connectivity index (χ1v) is 8.73. The van der Waals surface area contributed by atoms with Gasteiger partial charge in [-0.05, 0) is 31.9 Å². The van der Waals surface area contributed by atoms with Crippen molar-refractivity contribution < 1.29 is 13.2 Å². The van der Waals surface area contributed by atoms with E-state index >= 15 is 0 Å². The lowest BCUT2D eigenvalue weighted by Crippen LogP contribution is -2.40. The molecule has 1 aromatic rings. The van der Waals surface area contributed by atoms with Crippen molar-refractivity contribution in [2.45, 2.75) is 30.3 Å². The van der Waals surface area contributed by atoms with Gasteiger partial charge in [0.15, 0.2) is 0 Å². The Hall–Kier alpha value is -0.730. The van der Waals surface area contributed by atoms with E-state index in [1.165, 1.54) is 18.2 Å². The van der Waals surface area contributed by atoms with E-state index in [0.29, 0.717) is 12.2 Å². The highest BCUT2D eigenvalue weighted by atomic mass is 35.5. The van der Waals surface area contributed by atoms with Crippen LogP contribution >= 0.6 is 23.8 Å². The molecule has 0 aliphatic carbocycles. The quantitative estimate of drug-likeness (QED) is 0.793. The van der Waals surface area contributed by atoms with Crippen molar-refractivity contribution in [3.05, 3.63) is 28.8 Å². The lowest BCUT2D eigenvalue weighted by atomic mass is 10.0. The number of thiocarbonyl (C=S) groups is 1. The first kappa shape index (κ1) is 16.6. The van der Waals surface area contributed by atoms with Crippen LogP contribution in [0.4, 0.5) is 0 Å². The van der Waals surface area contributed by atoms with E-state index in [9.17, 15) is 8.42 Å². The summed E-state index contributed by atoms with van der Waals surface area (Å²) < 4.78 is 32.7. The Balaban J connectivity index is 2.17. The van der Waals surface area contributed by atoms with Gasteiger partial charge < -0.3 is 10.5 Å². The number of nitrogens with two attached hydrogens (primary N) is 1. The van der Waals surface area contributed by atoms with Crippen LogP contribution in [-0.2, 0) is 14.8 Å². The zero-order valence-corrected chi connectivity index (χ0v) is 13.9. The van der Waals surface area contributed by atoms with Crippen LogP contribution in [0.15, 0.2) is 23.1 Å². The molecule has 1 atom stereocenters.